The quantitative estimate of drug-likeness (QED) is 0.416. The molecule has 1 heterocycles. The van der Waals surface area contributed by atoms with E-state index in [9.17, 15) is 0 Å². The van der Waals surface area contributed by atoms with Gasteiger partial charge in [-0.2, -0.15) is 0 Å². The van der Waals surface area contributed by atoms with E-state index in [0.29, 0.717) is 5.82 Å². The third kappa shape index (κ3) is 2.58. The van der Waals surface area contributed by atoms with Crippen molar-refractivity contribution < 1.29 is 0 Å². The summed E-state index contributed by atoms with van der Waals surface area (Å²) in [5.41, 5.74) is 10.5. The molecule has 1 atom stereocenters. The lowest BCUT2D eigenvalue weighted by Crippen LogP contribution is -2.11. The van der Waals surface area contributed by atoms with Crippen molar-refractivity contribution in [3.63, 3.8) is 0 Å². The summed E-state index contributed by atoms with van der Waals surface area (Å²) in [6.45, 7) is 0. The fraction of sp³-hybridized carbons (Fsp3) is 0.0714. The molecule has 0 amide bonds. The van der Waals surface area contributed by atoms with E-state index in [1.807, 2.05) is 60.7 Å². The zero-order valence-electron chi connectivity index (χ0n) is 11.0. The van der Waals surface area contributed by atoms with Crippen molar-refractivity contribution in [3.05, 3.63) is 76.7 Å². The highest BCUT2D eigenvalue weighted by atomic mass is 15.6. The molecule has 1 aromatic heterocycles. The second-order valence-corrected chi connectivity index (χ2v) is 4.30. The van der Waals surface area contributed by atoms with Gasteiger partial charge in [-0.3, -0.25) is 0 Å². The summed E-state index contributed by atoms with van der Waals surface area (Å²) >= 11 is 0. The molecule has 102 valence electrons. The lowest BCUT2D eigenvalue weighted by atomic mass is 10.1. The maximum Gasteiger partial charge on any atom is 0.182 e. The van der Waals surface area contributed by atoms with Crippen molar-refractivity contribution >= 4 is 0 Å². The number of benzene rings is 2. The van der Waals surface area contributed by atoms with E-state index in [1.165, 1.54) is 4.68 Å². The Bertz CT molecular complexity index is 760. The predicted molar refractivity (Wildman–Crippen MR) is 77.0 cm³/mol. The molecule has 0 N–H and O–H groups in total. The van der Waals surface area contributed by atoms with Gasteiger partial charge in [-0.1, -0.05) is 65.8 Å². The minimum Gasteiger partial charge on any atom is -0.212 e. The average molecular weight is 277 g/mol. The van der Waals surface area contributed by atoms with Crippen LogP contribution in [0.4, 0.5) is 0 Å². The minimum atomic E-state index is -0.624. The molecular weight excluding hydrogens is 266 g/mol. The summed E-state index contributed by atoms with van der Waals surface area (Å²) < 4.78 is 1.52. The Morgan fingerprint density at radius 3 is 2.33 bits per heavy atom. The van der Waals surface area contributed by atoms with E-state index >= 15 is 0 Å². The van der Waals surface area contributed by atoms with Gasteiger partial charge in [-0.05, 0) is 21.5 Å². The summed E-state index contributed by atoms with van der Waals surface area (Å²) in [7, 11) is 0. The van der Waals surface area contributed by atoms with Crippen molar-refractivity contribution in [3.8, 4) is 11.4 Å². The van der Waals surface area contributed by atoms with Crippen LogP contribution in [0.15, 0.2) is 65.8 Å². The van der Waals surface area contributed by atoms with Crippen LogP contribution < -0.4 is 0 Å². The van der Waals surface area contributed by atoms with E-state index in [4.69, 9.17) is 5.53 Å². The van der Waals surface area contributed by atoms with Crippen LogP contribution in [-0.4, -0.2) is 20.2 Å². The monoisotopic (exact) mass is 277 g/mol. The fourth-order valence-electron chi connectivity index (χ4n) is 2.07. The van der Waals surface area contributed by atoms with Crippen molar-refractivity contribution in [2.45, 2.75) is 6.17 Å². The number of tetrazole rings is 1. The summed E-state index contributed by atoms with van der Waals surface area (Å²) in [4.78, 5) is 2.91. The molecule has 0 aliphatic carbocycles. The maximum absolute atomic E-state index is 8.83. The lowest BCUT2D eigenvalue weighted by Gasteiger charge is -2.13. The molecule has 0 saturated carbocycles. The normalized spacial score (nSPS) is 11.6. The number of hydrogen-bond donors (Lipinski definition) is 0. The Morgan fingerprint density at radius 2 is 1.67 bits per heavy atom. The van der Waals surface area contributed by atoms with E-state index < -0.39 is 6.17 Å². The SMILES string of the molecule is [N-]=[N+]=NC(c1ccccc1)n1nnnc1-c1ccccc1. The van der Waals surface area contributed by atoms with Gasteiger partial charge in [0.25, 0.3) is 0 Å². The summed E-state index contributed by atoms with van der Waals surface area (Å²) in [6.07, 6.45) is -0.624. The van der Waals surface area contributed by atoms with Crippen LogP contribution in [0.3, 0.4) is 0 Å². The first kappa shape index (κ1) is 12.8. The largest absolute Gasteiger partial charge is 0.212 e. The Hall–Kier alpha value is -3.18. The van der Waals surface area contributed by atoms with Crippen LogP contribution in [0.5, 0.6) is 0 Å². The first-order chi connectivity index (χ1) is 10.4. The highest BCUT2D eigenvalue weighted by Gasteiger charge is 2.18. The van der Waals surface area contributed by atoms with E-state index in [2.05, 4.69) is 25.6 Å². The molecule has 1 unspecified atom stereocenters. The summed E-state index contributed by atoms with van der Waals surface area (Å²) in [5, 5.41) is 15.5. The molecule has 2 aromatic carbocycles. The number of hydrogen-bond acceptors (Lipinski definition) is 4. The van der Waals surface area contributed by atoms with Gasteiger partial charge in [0.05, 0.1) is 0 Å². The number of aromatic nitrogens is 4. The molecule has 21 heavy (non-hydrogen) atoms. The smallest absolute Gasteiger partial charge is 0.182 e. The molecule has 3 rings (SSSR count). The highest BCUT2D eigenvalue weighted by molar-refractivity contribution is 5.54. The van der Waals surface area contributed by atoms with E-state index in [0.717, 1.165) is 11.1 Å². The minimum absolute atomic E-state index is 0.553. The van der Waals surface area contributed by atoms with Crippen LogP contribution in [0.25, 0.3) is 21.8 Å². The zero-order valence-corrected chi connectivity index (χ0v) is 11.0. The fourth-order valence-corrected chi connectivity index (χ4v) is 2.07. The number of azide groups is 1. The third-order valence-corrected chi connectivity index (χ3v) is 3.02. The molecule has 0 aliphatic heterocycles. The zero-order chi connectivity index (χ0) is 14.5. The van der Waals surface area contributed by atoms with Crippen LogP contribution >= 0.6 is 0 Å². The lowest BCUT2D eigenvalue weighted by molar-refractivity contribution is 0.525. The second kappa shape index (κ2) is 5.85. The molecular formula is C14H11N7. The standard InChI is InChI=1S/C14H11N7/c15-18-16-13(11-7-3-1-4-8-11)21-14(17-19-20-21)12-9-5-2-6-10-12/h1-10,13H. The van der Waals surface area contributed by atoms with E-state index in [-0.39, 0.29) is 0 Å². The Balaban J connectivity index is 2.10. The molecule has 7 nitrogen and oxygen atoms in total. The molecule has 7 heteroatoms. The van der Waals surface area contributed by atoms with Gasteiger partial charge in [0, 0.05) is 10.5 Å². The molecule has 0 fully saturated rings. The maximum atomic E-state index is 8.83. The van der Waals surface area contributed by atoms with Crippen LogP contribution in [0.2, 0.25) is 0 Å². The topological polar surface area (TPSA) is 92.4 Å². The molecule has 0 saturated heterocycles. The average Bonchev–Trinajstić information content (AvgIpc) is 3.03. The highest BCUT2D eigenvalue weighted by Crippen LogP contribution is 2.24. The molecule has 0 radical (unpaired) electrons. The van der Waals surface area contributed by atoms with Gasteiger partial charge in [0.15, 0.2) is 12.0 Å². The Morgan fingerprint density at radius 1 is 1.00 bits per heavy atom. The second-order valence-electron chi connectivity index (χ2n) is 4.30. The van der Waals surface area contributed by atoms with Crippen molar-refractivity contribution in [2.24, 2.45) is 5.11 Å². The van der Waals surface area contributed by atoms with Gasteiger partial charge in [0.1, 0.15) is 0 Å². The first-order valence-electron chi connectivity index (χ1n) is 6.32. The molecule has 3 aromatic rings. The number of nitrogens with zero attached hydrogens (tertiary/aromatic N) is 7. The molecule has 0 spiro atoms. The predicted octanol–water partition coefficient (Wildman–Crippen LogP) is 3.20. The molecule has 0 aliphatic rings. The van der Waals surface area contributed by atoms with Gasteiger partial charge in [-0.25, -0.2) is 4.68 Å². The molecule has 0 bridgehead atoms. The van der Waals surface area contributed by atoms with Gasteiger partial charge in [-0.15, -0.1) is 5.10 Å². The summed E-state index contributed by atoms with van der Waals surface area (Å²) in [6, 6.07) is 18.9. The van der Waals surface area contributed by atoms with Crippen molar-refractivity contribution in [1.82, 2.24) is 20.2 Å². The van der Waals surface area contributed by atoms with Crippen LogP contribution in [0.1, 0.15) is 11.7 Å². The van der Waals surface area contributed by atoms with Crippen molar-refractivity contribution in [2.75, 3.05) is 0 Å². The van der Waals surface area contributed by atoms with Gasteiger partial charge < -0.3 is 0 Å². The first-order valence-corrected chi connectivity index (χ1v) is 6.32. The Kier molecular flexibility index (Phi) is 3.58. The van der Waals surface area contributed by atoms with E-state index in [1.54, 1.807) is 0 Å². The summed E-state index contributed by atoms with van der Waals surface area (Å²) in [5.74, 6) is 0.553. The van der Waals surface area contributed by atoms with Crippen LogP contribution in [-0.2, 0) is 0 Å². The van der Waals surface area contributed by atoms with Crippen LogP contribution in [0, 0.1) is 0 Å². The van der Waals surface area contributed by atoms with Crippen molar-refractivity contribution in [1.29, 1.82) is 0 Å². The van der Waals surface area contributed by atoms with Gasteiger partial charge in [0.2, 0.25) is 0 Å². The third-order valence-electron chi connectivity index (χ3n) is 3.02. The van der Waals surface area contributed by atoms with Gasteiger partial charge >= 0.3 is 0 Å². The Labute approximate surface area is 120 Å². The number of rotatable bonds is 4.